The van der Waals surface area contributed by atoms with Gasteiger partial charge in [-0.3, -0.25) is 9.59 Å². The van der Waals surface area contributed by atoms with Crippen LogP contribution >= 0.6 is 0 Å². The summed E-state index contributed by atoms with van der Waals surface area (Å²) in [6.07, 6.45) is -9.06. The van der Waals surface area contributed by atoms with Gasteiger partial charge in [0.1, 0.15) is 0 Å². The van der Waals surface area contributed by atoms with E-state index < -0.39 is 58.2 Å². The average Bonchev–Trinajstić information content (AvgIpc) is 2.64. The molecule has 2 heterocycles. The van der Waals surface area contributed by atoms with E-state index in [2.05, 4.69) is 10.6 Å². The number of nitrogens with one attached hydrogen (secondary N) is 2. The van der Waals surface area contributed by atoms with Crippen molar-refractivity contribution in [2.45, 2.75) is 23.4 Å². The second-order valence-corrected chi connectivity index (χ2v) is 7.73. The largest absolute Gasteiger partial charge is 0.416 e. The van der Waals surface area contributed by atoms with Crippen molar-refractivity contribution in [3.05, 3.63) is 70.8 Å². The van der Waals surface area contributed by atoms with Crippen molar-refractivity contribution in [1.29, 1.82) is 0 Å². The van der Waals surface area contributed by atoms with Crippen molar-refractivity contribution < 1.29 is 35.9 Å². The lowest BCUT2D eigenvalue weighted by Crippen LogP contribution is -2.97. The van der Waals surface area contributed by atoms with Crippen LogP contribution in [0.1, 0.15) is 22.3 Å². The molecule has 2 aromatic carbocycles. The molecule has 2 aliphatic heterocycles. The molecule has 30 heavy (non-hydrogen) atoms. The number of carbonyl (C=O) groups is 2. The van der Waals surface area contributed by atoms with Gasteiger partial charge in [-0.25, -0.2) is 0 Å². The molecule has 0 spiro atoms. The van der Waals surface area contributed by atoms with Crippen molar-refractivity contribution in [2.24, 2.45) is 11.8 Å². The highest BCUT2D eigenvalue weighted by Crippen LogP contribution is 2.71. The van der Waals surface area contributed by atoms with E-state index in [-0.39, 0.29) is 0 Å². The zero-order valence-corrected chi connectivity index (χ0v) is 14.9. The molecule has 5 rings (SSSR count). The molecule has 2 amide bonds. The summed E-state index contributed by atoms with van der Waals surface area (Å²) in [5.74, 6) is -2.51. The minimum atomic E-state index is -4.53. The summed E-state index contributed by atoms with van der Waals surface area (Å²) in [4.78, 5) is 24.8. The van der Waals surface area contributed by atoms with E-state index >= 15 is 0 Å². The third-order valence-electron chi connectivity index (χ3n) is 6.39. The maximum Gasteiger partial charge on any atom is 0.416 e. The van der Waals surface area contributed by atoms with E-state index in [4.69, 9.17) is 0 Å². The number of carbonyl (C=O) groups excluding carboxylic acids is 2. The fourth-order valence-corrected chi connectivity index (χ4v) is 5.15. The molecule has 156 valence electrons. The molecule has 0 atom stereocenters. The fraction of sp³-hybridized carbons (Fsp3) is 0.300. The zero-order valence-electron chi connectivity index (χ0n) is 14.9. The van der Waals surface area contributed by atoms with Gasteiger partial charge < -0.3 is 10.6 Å². The van der Waals surface area contributed by atoms with Gasteiger partial charge in [0.15, 0.2) is 0 Å². The number of benzene rings is 2. The molecule has 10 heteroatoms. The zero-order chi connectivity index (χ0) is 21.7. The normalized spacial score (nSPS) is 31.9. The molecule has 1 saturated carbocycles. The van der Waals surface area contributed by atoms with E-state index in [1.165, 1.54) is 24.3 Å². The molecule has 2 saturated heterocycles. The lowest BCUT2D eigenvalue weighted by Gasteiger charge is -2.77. The number of β-lactam (4-membered cyclic amide) rings is 2. The van der Waals surface area contributed by atoms with Gasteiger partial charge in [0.05, 0.1) is 34.0 Å². The molecule has 0 bridgehead atoms. The fourth-order valence-electron chi connectivity index (χ4n) is 5.15. The highest BCUT2D eigenvalue weighted by Gasteiger charge is 2.87. The molecule has 0 radical (unpaired) electrons. The summed E-state index contributed by atoms with van der Waals surface area (Å²) in [7, 11) is 0. The van der Waals surface area contributed by atoms with Gasteiger partial charge >= 0.3 is 12.4 Å². The second-order valence-electron chi connectivity index (χ2n) is 7.73. The van der Waals surface area contributed by atoms with Crippen molar-refractivity contribution in [2.75, 3.05) is 0 Å². The predicted octanol–water partition coefficient (Wildman–Crippen LogP) is 3.32. The Balaban J connectivity index is 1.54. The predicted molar refractivity (Wildman–Crippen MR) is 89.5 cm³/mol. The molecule has 4 nitrogen and oxygen atoms in total. The summed E-state index contributed by atoms with van der Waals surface area (Å²) in [5, 5.41) is 5.32. The topological polar surface area (TPSA) is 58.2 Å². The third kappa shape index (κ3) is 2.08. The maximum atomic E-state index is 12.9. The lowest BCUT2D eigenvalue weighted by molar-refractivity contribution is -0.230. The summed E-state index contributed by atoms with van der Waals surface area (Å²) in [6, 6.07) is 8.38. The first-order chi connectivity index (χ1) is 13.9. The average molecular weight is 426 g/mol. The Morgan fingerprint density at radius 3 is 1.13 bits per heavy atom. The van der Waals surface area contributed by atoms with Crippen LogP contribution in [0.25, 0.3) is 0 Å². The molecule has 1 aliphatic carbocycles. The second kappa shape index (κ2) is 5.35. The first kappa shape index (κ1) is 19.0. The van der Waals surface area contributed by atoms with Gasteiger partial charge in [-0.05, 0) is 35.4 Å². The SMILES string of the molecule is O=C1NC2(c3ccc(C(F)(F)F)cc3)C1C1(c3ccc(C(F)(F)F)cc3)NC(=O)C21. The Morgan fingerprint density at radius 1 is 0.600 bits per heavy atom. The van der Waals surface area contributed by atoms with Gasteiger partial charge in [-0.2, -0.15) is 26.3 Å². The Kier molecular flexibility index (Phi) is 3.38. The number of fused-ring (bicyclic) bond motifs is 4. The van der Waals surface area contributed by atoms with Crippen molar-refractivity contribution in [3.63, 3.8) is 0 Å². The number of hydrogen-bond acceptors (Lipinski definition) is 2. The van der Waals surface area contributed by atoms with Gasteiger partial charge in [0.25, 0.3) is 0 Å². The summed E-state index contributed by atoms with van der Waals surface area (Å²) in [6.45, 7) is 0. The number of piperidine rings is 2. The molecular weight excluding hydrogens is 414 g/mol. The van der Waals surface area contributed by atoms with Gasteiger partial charge in [-0.15, -0.1) is 0 Å². The minimum Gasteiger partial charge on any atom is -0.344 e. The van der Waals surface area contributed by atoms with Crippen LogP contribution in [0.5, 0.6) is 0 Å². The lowest BCUT2D eigenvalue weighted by atomic mass is 9.35. The summed E-state index contributed by atoms with van der Waals surface area (Å²) in [5.41, 5.74) is -3.38. The monoisotopic (exact) mass is 426 g/mol. The Labute approximate surface area is 165 Å². The van der Waals surface area contributed by atoms with Crippen LogP contribution in [0.3, 0.4) is 0 Å². The summed E-state index contributed by atoms with van der Waals surface area (Å²) >= 11 is 0. The van der Waals surface area contributed by atoms with E-state index in [0.29, 0.717) is 11.1 Å². The van der Waals surface area contributed by atoms with Crippen LogP contribution in [0, 0.1) is 11.8 Å². The van der Waals surface area contributed by atoms with Gasteiger partial charge in [0.2, 0.25) is 11.8 Å². The number of rotatable bonds is 2. The highest BCUT2D eigenvalue weighted by molar-refractivity contribution is 6.05. The van der Waals surface area contributed by atoms with Crippen molar-refractivity contribution >= 4 is 11.8 Å². The van der Waals surface area contributed by atoms with Crippen LogP contribution in [-0.4, -0.2) is 11.8 Å². The maximum absolute atomic E-state index is 12.9. The standard InChI is InChI=1S/C20H12F6N2O2/c21-19(22,23)11-5-1-9(2-6-11)17-13(15(29)27-17)18(14(17)16(30)28-18)10-3-7-12(8-4-10)20(24,25)26/h1-8,13-14H,(H,27,29)(H,28,30). The third-order valence-corrected chi connectivity index (χ3v) is 6.39. The number of hydrogen-bond donors (Lipinski definition) is 2. The van der Waals surface area contributed by atoms with Crippen LogP contribution in [0.4, 0.5) is 26.3 Å². The Bertz CT molecular complexity index is 977. The molecule has 3 fully saturated rings. The van der Waals surface area contributed by atoms with E-state index in [9.17, 15) is 35.9 Å². The van der Waals surface area contributed by atoms with Crippen LogP contribution in [0.15, 0.2) is 48.5 Å². The highest BCUT2D eigenvalue weighted by atomic mass is 19.4. The van der Waals surface area contributed by atoms with E-state index in [1.807, 2.05) is 0 Å². The molecule has 2 aromatic rings. The molecule has 2 N–H and O–H groups in total. The van der Waals surface area contributed by atoms with Crippen LogP contribution < -0.4 is 10.6 Å². The van der Waals surface area contributed by atoms with Crippen molar-refractivity contribution in [3.8, 4) is 0 Å². The summed E-state index contributed by atoms with van der Waals surface area (Å²) < 4.78 is 77.2. The first-order valence-electron chi connectivity index (χ1n) is 8.92. The van der Waals surface area contributed by atoms with Gasteiger partial charge in [-0.1, -0.05) is 24.3 Å². The van der Waals surface area contributed by atoms with Crippen molar-refractivity contribution in [1.82, 2.24) is 10.6 Å². The molecule has 0 aromatic heterocycles. The van der Waals surface area contributed by atoms with E-state index in [1.54, 1.807) is 0 Å². The Morgan fingerprint density at radius 2 is 0.900 bits per heavy atom. The quantitative estimate of drug-likeness (QED) is 0.572. The molecule has 0 unspecified atom stereocenters. The van der Waals surface area contributed by atoms with Crippen LogP contribution in [0.2, 0.25) is 0 Å². The Hall–Kier alpha value is -3.04. The number of halogens is 6. The van der Waals surface area contributed by atoms with Crippen LogP contribution in [-0.2, 0) is 33.0 Å². The van der Waals surface area contributed by atoms with Gasteiger partial charge in [0, 0.05) is 0 Å². The minimum absolute atomic E-state index is 0.350. The van der Waals surface area contributed by atoms with E-state index in [0.717, 1.165) is 24.3 Å². The molecular formula is C20H12F6N2O2. The number of amides is 2. The molecule has 3 aliphatic rings. The smallest absolute Gasteiger partial charge is 0.344 e. The first-order valence-corrected chi connectivity index (χ1v) is 8.92. The number of alkyl halides is 6.